The van der Waals surface area contributed by atoms with Crippen molar-refractivity contribution in [1.82, 2.24) is 9.97 Å². The number of rotatable bonds is 3. The number of para-hydroxylation sites is 1. The molecule has 0 fully saturated rings. The number of nitrogens with two attached hydrogens (primary N) is 1. The predicted octanol–water partition coefficient (Wildman–Crippen LogP) is 2.93. The van der Waals surface area contributed by atoms with E-state index in [1.54, 1.807) is 0 Å². The summed E-state index contributed by atoms with van der Waals surface area (Å²) in [6.45, 7) is 0. The summed E-state index contributed by atoms with van der Waals surface area (Å²) >= 11 is 0. The van der Waals surface area contributed by atoms with E-state index in [4.69, 9.17) is 5.73 Å². The maximum atomic E-state index is 5.89. The molecule has 0 radical (unpaired) electrons. The summed E-state index contributed by atoms with van der Waals surface area (Å²) in [6.07, 6.45) is 1.89. The fraction of sp³-hybridized carbons (Fsp3) is 0.133. The van der Waals surface area contributed by atoms with Gasteiger partial charge < -0.3 is 10.7 Å². The van der Waals surface area contributed by atoms with Crippen LogP contribution in [0.25, 0.3) is 11.0 Å². The lowest BCUT2D eigenvalue weighted by Gasteiger charge is -1.97. The molecule has 0 unspecified atom stereocenters. The number of anilines is 1. The van der Waals surface area contributed by atoms with Crippen LogP contribution in [-0.4, -0.2) is 9.97 Å². The van der Waals surface area contributed by atoms with E-state index in [-0.39, 0.29) is 0 Å². The Morgan fingerprint density at radius 1 is 0.944 bits per heavy atom. The van der Waals surface area contributed by atoms with Gasteiger partial charge in [-0.25, -0.2) is 4.98 Å². The number of H-pyrrole nitrogens is 1. The second-order valence-electron chi connectivity index (χ2n) is 4.41. The first kappa shape index (κ1) is 10.8. The summed E-state index contributed by atoms with van der Waals surface area (Å²) in [5.41, 5.74) is 9.84. The van der Waals surface area contributed by atoms with Crippen molar-refractivity contribution in [2.24, 2.45) is 0 Å². The molecule has 0 aliphatic rings. The largest absolute Gasteiger partial charge is 0.397 e. The van der Waals surface area contributed by atoms with Crippen LogP contribution in [0, 0.1) is 0 Å². The fourth-order valence-electron chi connectivity index (χ4n) is 2.13. The molecular formula is C15H15N3. The van der Waals surface area contributed by atoms with Crippen LogP contribution in [0.5, 0.6) is 0 Å². The van der Waals surface area contributed by atoms with Gasteiger partial charge in [0.1, 0.15) is 11.3 Å². The highest BCUT2D eigenvalue weighted by molar-refractivity contribution is 5.86. The molecular weight excluding hydrogens is 222 g/mol. The smallest absolute Gasteiger partial charge is 0.111 e. The number of hydrogen-bond donors (Lipinski definition) is 2. The van der Waals surface area contributed by atoms with E-state index in [0.717, 1.165) is 35.4 Å². The Kier molecular flexibility index (Phi) is 2.73. The number of nitrogens with zero attached hydrogens (tertiary/aromatic N) is 1. The van der Waals surface area contributed by atoms with Crippen LogP contribution >= 0.6 is 0 Å². The Balaban J connectivity index is 1.81. The third kappa shape index (κ3) is 2.07. The standard InChI is InChI=1S/C15H15N3/c16-12-7-4-8-13-15(12)18-14(17-13)10-9-11-5-2-1-3-6-11/h1-8H,9-10,16H2,(H,17,18). The van der Waals surface area contributed by atoms with E-state index in [1.807, 2.05) is 24.3 Å². The van der Waals surface area contributed by atoms with Crippen LogP contribution in [0.1, 0.15) is 11.4 Å². The van der Waals surface area contributed by atoms with Gasteiger partial charge in [-0.05, 0) is 24.1 Å². The van der Waals surface area contributed by atoms with Crippen LogP contribution in [0.4, 0.5) is 5.69 Å². The molecule has 1 aromatic heterocycles. The van der Waals surface area contributed by atoms with Crippen molar-refractivity contribution in [3.05, 3.63) is 59.9 Å². The zero-order valence-corrected chi connectivity index (χ0v) is 10.1. The number of nitrogens with one attached hydrogen (secondary N) is 1. The van der Waals surface area contributed by atoms with Crippen LogP contribution in [0.15, 0.2) is 48.5 Å². The summed E-state index contributed by atoms with van der Waals surface area (Å²) in [5, 5.41) is 0. The van der Waals surface area contributed by atoms with Crippen LogP contribution in [0.3, 0.4) is 0 Å². The lowest BCUT2D eigenvalue weighted by atomic mass is 10.1. The molecule has 0 bridgehead atoms. The van der Waals surface area contributed by atoms with Gasteiger partial charge in [0.25, 0.3) is 0 Å². The molecule has 0 atom stereocenters. The average molecular weight is 237 g/mol. The number of hydrogen-bond acceptors (Lipinski definition) is 2. The van der Waals surface area contributed by atoms with Crippen molar-refractivity contribution in [1.29, 1.82) is 0 Å². The maximum Gasteiger partial charge on any atom is 0.111 e. The van der Waals surface area contributed by atoms with Gasteiger partial charge in [0.15, 0.2) is 0 Å². The molecule has 3 aromatic rings. The van der Waals surface area contributed by atoms with Crippen molar-refractivity contribution in [2.75, 3.05) is 5.73 Å². The van der Waals surface area contributed by atoms with Crippen molar-refractivity contribution in [3.63, 3.8) is 0 Å². The lowest BCUT2D eigenvalue weighted by Crippen LogP contribution is -1.93. The highest BCUT2D eigenvalue weighted by atomic mass is 14.9. The number of nitrogen functional groups attached to an aromatic ring is 1. The summed E-state index contributed by atoms with van der Waals surface area (Å²) in [5.74, 6) is 0.992. The summed E-state index contributed by atoms with van der Waals surface area (Å²) in [7, 11) is 0. The van der Waals surface area contributed by atoms with Gasteiger partial charge in [-0.1, -0.05) is 36.4 Å². The normalized spacial score (nSPS) is 10.9. The van der Waals surface area contributed by atoms with Crippen molar-refractivity contribution in [3.8, 4) is 0 Å². The first-order chi connectivity index (χ1) is 8.83. The summed E-state index contributed by atoms with van der Waals surface area (Å²) in [6, 6.07) is 16.3. The Labute approximate surface area is 106 Å². The van der Waals surface area contributed by atoms with E-state index >= 15 is 0 Å². The molecule has 90 valence electrons. The Morgan fingerprint density at radius 3 is 2.56 bits per heavy atom. The molecule has 3 N–H and O–H groups in total. The number of aromatic nitrogens is 2. The molecule has 1 heterocycles. The van der Waals surface area contributed by atoms with Gasteiger partial charge in [0.2, 0.25) is 0 Å². The molecule has 0 aliphatic heterocycles. The quantitative estimate of drug-likeness (QED) is 0.688. The molecule has 3 heteroatoms. The highest BCUT2D eigenvalue weighted by Crippen LogP contribution is 2.18. The predicted molar refractivity (Wildman–Crippen MR) is 74.4 cm³/mol. The van der Waals surface area contributed by atoms with Crippen LogP contribution < -0.4 is 5.73 Å². The van der Waals surface area contributed by atoms with E-state index in [1.165, 1.54) is 5.56 Å². The molecule has 0 saturated carbocycles. The number of aryl methyl sites for hydroxylation is 2. The monoisotopic (exact) mass is 237 g/mol. The zero-order valence-electron chi connectivity index (χ0n) is 10.1. The number of aromatic amines is 1. The Morgan fingerprint density at radius 2 is 1.78 bits per heavy atom. The molecule has 18 heavy (non-hydrogen) atoms. The molecule has 2 aromatic carbocycles. The van der Waals surface area contributed by atoms with Crippen molar-refractivity contribution < 1.29 is 0 Å². The minimum atomic E-state index is 0.731. The minimum Gasteiger partial charge on any atom is -0.397 e. The molecule has 0 spiro atoms. The number of benzene rings is 2. The summed E-state index contributed by atoms with van der Waals surface area (Å²) in [4.78, 5) is 7.86. The minimum absolute atomic E-state index is 0.731. The van der Waals surface area contributed by atoms with E-state index in [0.29, 0.717) is 0 Å². The Bertz CT molecular complexity index is 656. The number of fused-ring (bicyclic) bond motifs is 1. The topological polar surface area (TPSA) is 54.7 Å². The molecule has 0 aliphatic carbocycles. The van der Waals surface area contributed by atoms with Crippen molar-refractivity contribution in [2.45, 2.75) is 12.8 Å². The molecule has 0 saturated heterocycles. The molecule has 0 amide bonds. The van der Waals surface area contributed by atoms with Gasteiger partial charge >= 0.3 is 0 Å². The second kappa shape index (κ2) is 4.53. The maximum absolute atomic E-state index is 5.89. The van der Waals surface area contributed by atoms with Gasteiger partial charge in [-0.2, -0.15) is 0 Å². The first-order valence-corrected chi connectivity index (χ1v) is 6.10. The lowest BCUT2D eigenvalue weighted by molar-refractivity contribution is 0.890. The number of imidazole rings is 1. The summed E-state index contributed by atoms with van der Waals surface area (Å²) < 4.78 is 0. The van der Waals surface area contributed by atoms with Gasteiger partial charge in [-0.3, -0.25) is 0 Å². The SMILES string of the molecule is Nc1cccc2[nH]c(CCc3ccccc3)nc12. The second-order valence-corrected chi connectivity index (χ2v) is 4.41. The average Bonchev–Trinajstić information content (AvgIpc) is 2.82. The van der Waals surface area contributed by atoms with E-state index in [2.05, 4.69) is 34.2 Å². The van der Waals surface area contributed by atoms with Crippen LogP contribution in [-0.2, 0) is 12.8 Å². The van der Waals surface area contributed by atoms with E-state index < -0.39 is 0 Å². The molecule has 3 rings (SSSR count). The first-order valence-electron chi connectivity index (χ1n) is 6.10. The highest BCUT2D eigenvalue weighted by Gasteiger charge is 2.05. The zero-order chi connectivity index (χ0) is 12.4. The third-order valence-electron chi connectivity index (χ3n) is 3.09. The van der Waals surface area contributed by atoms with E-state index in [9.17, 15) is 0 Å². The fourth-order valence-corrected chi connectivity index (χ4v) is 2.13. The van der Waals surface area contributed by atoms with Gasteiger partial charge in [0.05, 0.1) is 11.2 Å². The van der Waals surface area contributed by atoms with Gasteiger partial charge in [0, 0.05) is 6.42 Å². The molecule has 3 nitrogen and oxygen atoms in total. The Hall–Kier alpha value is -2.29. The van der Waals surface area contributed by atoms with Crippen molar-refractivity contribution >= 4 is 16.7 Å². The third-order valence-corrected chi connectivity index (χ3v) is 3.09. The van der Waals surface area contributed by atoms with Gasteiger partial charge in [-0.15, -0.1) is 0 Å². The van der Waals surface area contributed by atoms with Crippen LogP contribution in [0.2, 0.25) is 0 Å².